The van der Waals surface area contributed by atoms with Crippen molar-refractivity contribution < 1.29 is 4.74 Å². The fourth-order valence-corrected chi connectivity index (χ4v) is 3.83. The zero-order valence-corrected chi connectivity index (χ0v) is 14.8. The summed E-state index contributed by atoms with van der Waals surface area (Å²) in [5.41, 5.74) is 6.01. The predicted octanol–water partition coefficient (Wildman–Crippen LogP) is 4.60. The van der Waals surface area contributed by atoms with Crippen LogP contribution in [0.4, 0.5) is 0 Å². The van der Waals surface area contributed by atoms with Crippen LogP contribution in [-0.4, -0.2) is 25.9 Å². The van der Waals surface area contributed by atoms with E-state index in [9.17, 15) is 0 Å². The van der Waals surface area contributed by atoms with Gasteiger partial charge in [0, 0.05) is 29.8 Å². The van der Waals surface area contributed by atoms with E-state index in [-0.39, 0.29) is 11.4 Å². The number of ether oxygens (including phenoxy) is 1. The number of benzene rings is 2. The van der Waals surface area contributed by atoms with Crippen LogP contribution in [0.5, 0.6) is 5.75 Å². The van der Waals surface area contributed by atoms with Gasteiger partial charge in [0.2, 0.25) is 5.28 Å². The molecular formula is C19H15ClN4O. The molecule has 6 heteroatoms. The number of aryl methyl sites for hydroxylation is 1. The number of fused-ring (bicyclic) bond motifs is 5. The molecule has 0 radical (unpaired) electrons. The summed E-state index contributed by atoms with van der Waals surface area (Å²) >= 11 is 6.09. The molecule has 0 amide bonds. The lowest BCUT2D eigenvalue weighted by Crippen LogP contribution is -2.08. The standard InChI is InChI=1S/C19H15ClN4O/c1-9(2)25-18-12-8-21-19(20)22-16(12)17-14-13(18)10-6-4-5-7-11(10)15(14)23-24(17)3/h4-9H,1-3H3. The van der Waals surface area contributed by atoms with Crippen molar-refractivity contribution in [3.05, 3.63) is 35.7 Å². The number of hydrogen-bond donors (Lipinski definition) is 0. The van der Waals surface area contributed by atoms with Crippen molar-refractivity contribution in [1.29, 1.82) is 0 Å². The lowest BCUT2D eigenvalue weighted by atomic mass is 10.0. The molecule has 5 nitrogen and oxygen atoms in total. The van der Waals surface area contributed by atoms with Crippen molar-refractivity contribution in [2.75, 3.05) is 0 Å². The van der Waals surface area contributed by atoms with Crippen molar-refractivity contribution >= 4 is 33.4 Å². The van der Waals surface area contributed by atoms with Crippen LogP contribution in [0.3, 0.4) is 0 Å². The van der Waals surface area contributed by atoms with Crippen molar-refractivity contribution in [2.24, 2.45) is 7.05 Å². The zero-order valence-electron chi connectivity index (χ0n) is 14.0. The molecule has 4 aromatic rings. The van der Waals surface area contributed by atoms with E-state index < -0.39 is 0 Å². The van der Waals surface area contributed by atoms with Crippen LogP contribution in [0, 0.1) is 0 Å². The Kier molecular flexibility index (Phi) is 2.89. The van der Waals surface area contributed by atoms with Gasteiger partial charge in [0.1, 0.15) is 17.0 Å². The smallest absolute Gasteiger partial charge is 0.222 e. The predicted molar refractivity (Wildman–Crippen MR) is 99.0 cm³/mol. The third-order valence-electron chi connectivity index (χ3n) is 4.56. The van der Waals surface area contributed by atoms with Gasteiger partial charge in [-0.2, -0.15) is 5.10 Å². The Labute approximate surface area is 149 Å². The third-order valence-corrected chi connectivity index (χ3v) is 4.74. The van der Waals surface area contributed by atoms with E-state index in [0.717, 1.165) is 49.9 Å². The fourth-order valence-electron chi connectivity index (χ4n) is 3.70. The SMILES string of the molecule is CC(C)Oc1c2c3c(nn(C)c3c3nc(Cl)ncc13)-c1ccccc1-2. The van der Waals surface area contributed by atoms with E-state index >= 15 is 0 Å². The second kappa shape index (κ2) is 4.92. The molecule has 0 saturated carbocycles. The monoisotopic (exact) mass is 350 g/mol. The highest BCUT2D eigenvalue weighted by Crippen LogP contribution is 2.53. The Morgan fingerprint density at radius 1 is 1.16 bits per heavy atom. The maximum Gasteiger partial charge on any atom is 0.222 e. The second-order valence-corrected chi connectivity index (χ2v) is 6.85. The van der Waals surface area contributed by atoms with Gasteiger partial charge in [0.25, 0.3) is 0 Å². The third kappa shape index (κ3) is 1.87. The molecule has 25 heavy (non-hydrogen) atoms. The van der Waals surface area contributed by atoms with E-state index in [1.54, 1.807) is 6.20 Å². The molecular weight excluding hydrogens is 336 g/mol. The van der Waals surface area contributed by atoms with Crippen LogP contribution in [0.1, 0.15) is 13.8 Å². The molecule has 1 aliphatic rings. The normalized spacial score (nSPS) is 12.4. The van der Waals surface area contributed by atoms with Crippen LogP contribution < -0.4 is 4.74 Å². The molecule has 0 N–H and O–H groups in total. The Balaban J connectivity index is 2.06. The average molecular weight is 351 g/mol. The quantitative estimate of drug-likeness (QED) is 0.436. The Morgan fingerprint density at radius 2 is 1.92 bits per heavy atom. The van der Waals surface area contributed by atoms with E-state index in [4.69, 9.17) is 21.4 Å². The molecule has 2 heterocycles. The maximum atomic E-state index is 6.24. The Hall–Kier alpha value is -2.66. The first kappa shape index (κ1) is 14.7. The molecule has 0 atom stereocenters. The van der Waals surface area contributed by atoms with Crippen molar-refractivity contribution in [3.63, 3.8) is 0 Å². The van der Waals surface area contributed by atoms with Crippen LogP contribution in [0.2, 0.25) is 5.28 Å². The molecule has 124 valence electrons. The van der Waals surface area contributed by atoms with Crippen LogP contribution in [0.25, 0.3) is 44.2 Å². The van der Waals surface area contributed by atoms with Gasteiger partial charge < -0.3 is 4.74 Å². The summed E-state index contributed by atoms with van der Waals surface area (Å²) in [6.07, 6.45) is 1.77. The van der Waals surface area contributed by atoms with E-state index in [1.165, 1.54) is 0 Å². The number of rotatable bonds is 2. The number of halogens is 1. The highest BCUT2D eigenvalue weighted by atomic mass is 35.5. The van der Waals surface area contributed by atoms with Crippen LogP contribution in [-0.2, 0) is 7.05 Å². The fraction of sp³-hybridized carbons (Fsp3) is 0.211. The number of nitrogens with zero attached hydrogens (tertiary/aromatic N) is 4. The van der Waals surface area contributed by atoms with Gasteiger partial charge in [-0.25, -0.2) is 9.97 Å². The Bertz CT molecular complexity index is 1180. The molecule has 0 fully saturated rings. The lowest BCUT2D eigenvalue weighted by molar-refractivity contribution is 0.247. The minimum atomic E-state index is 0.0282. The minimum Gasteiger partial charge on any atom is -0.490 e. The van der Waals surface area contributed by atoms with Crippen molar-refractivity contribution in [1.82, 2.24) is 19.7 Å². The van der Waals surface area contributed by atoms with Gasteiger partial charge >= 0.3 is 0 Å². The summed E-state index contributed by atoms with van der Waals surface area (Å²) < 4.78 is 8.11. The largest absolute Gasteiger partial charge is 0.490 e. The second-order valence-electron chi connectivity index (χ2n) is 6.51. The summed E-state index contributed by atoms with van der Waals surface area (Å²) in [7, 11) is 1.93. The first-order valence-electron chi connectivity index (χ1n) is 8.17. The van der Waals surface area contributed by atoms with Gasteiger partial charge in [0.15, 0.2) is 0 Å². The first-order valence-corrected chi connectivity index (χ1v) is 8.55. The van der Waals surface area contributed by atoms with E-state index in [1.807, 2.05) is 37.7 Å². The van der Waals surface area contributed by atoms with Crippen molar-refractivity contribution in [2.45, 2.75) is 20.0 Å². The van der Waals surface area contributed by atoms with Gasteiger partial charge in [0.05, 0.1) is 17.0 Å². The summed E-state index contributed by atoms with van der Waals surface area (Å²) in [5, 5.41) is 6.90. The first-order chi connectivity index (χ1) is 12.1. The Morgan fingerprint density at radius 3 is 2.68 bits per heavy atom. The van der Waals surface area contributed by atoms with Gasteiger partial charge in [-0.05, 0) is 31.0 Å². The summed E-state index contributed by atoms with van der Waals surface area (Å²) in [6, 6.07) is 8.28. The molecule has 2 aromatic carbocycles. The van der Waals surface area contributed by atoms with Gasteiger partial charge in [-0.15, -0.1) is 0 Å². The highest BCUT2D eigenvalue weighted by molar-refractivity contribution is 6.29. The highest BCUT2D eigenvalue weighted by Gasteiger charge is 2.32. The summed E-state index contributed by atoms with van der Waals surface area (Å²) in [4.78, 5) is 8.68. The van der Waals surface area contributed by atoms with Crippen molar-refractivity contribution in [3.8, 4) is 28.1 Å². The zero-order chi connectivity index (χ0) is 17.3. The van der Waals surface area contributed by atoms with Gasteiger partial charge in [-0.3, -0.25) is 4.68 Å². The molecule has 0 unspecified atom stereocenters. The van der Waals surface area contributed by atoms with Crippen LogP contribution in [0.15, 0.2) is 30.5 Å². The average Bonchev–Trinajstić information content (AvgIpc) is 3.07. The molecule has 5 rings (SSSR count). The maximum absolute atomic E-state index is 6.24. The molecule has 1 aliphatic carbocycles. The molecule has 0 bridgehead atoms. The molecule has 0 spiro atoms. The van der Waals surface area contributed by atoms with Crippen LogP contribution >= 0.6 is 11.6 Å². The summed E-state index contributed by atoms with van der Waals surface area (Å²) in [6.45, 7) is 4.04. The minimum absolute atomic E-state index is 0.0282. The van der Waals surface area contributed by atoms with E-state index in [0.29, 0.717) is 0 Å². The number of aromatic nitrogens is 4. The lowest BCUT2D eigenvalue weighted by Gasteiger charge is -2.17. The van der Waals surface area contributed by atoms with E-state index in [2.05, 4.69) is 22.1 Å². The number of hydrogen-bond acceptors (Lipinski definition) is 4. The topological polar surface area (TPSA) is 52.8 Å². The molecule has 0 aliphatic heterocycles. The van der Waals surface area contributed by atoms with Gasteiger partial charge in [-0.1, -0.05) is 24.3 Å². The summed E-state index contributed by atoms with van der Waals surface area (Å²) in [5.74, 6) is 0.799. The molecule has 0 saturated heterocycles. The molecule has 2 aromatic heterocycles.